The number of aliphatic hydroxyl groups is 1. The van der Waals surface area contributed by atoms with Gasteiger partial charge in [0.05, 0.1) is 6.61 Å². The number of phenolic OH excluding ortho intramolecular Hbond substituents is 1. The van der Waals surface area contributed by atoms with Crippen molar-refractivity contribution >= 4 is 30.5 Å². The van der Waals surface area contributed by atoms with Crippen LogP contribution in [0, 0.1) is 0 Å². The number of nitrogens with zero attached hydrogens (tertiary/aromatic N) is 1. The number of ether oxygens (including phenoxy) is 1. The van der Waals surface area contributed by atoms with Gasteiger partial charge in [-0.2, -0.15) is 12.6 Å². The summed E-state index contributed by atoms with van der Waals surface area (Å²) in [5.74, 6) is -1.17. The molecule has 1 rings (SSSR count). The Bertz CT molecular complexity index is 784. The van der Waals surface area contributed by atoms with Gasteiger partial charge in [0.1, 0.15) is 23.4 Å². The highest BCUT2D eigenvalue weighted by Gasteiger charge is 2.35. The summed E-state index contributed by atoms with van der Waals surface area (Å²) in [7, 11) is 0. The molecule has 0 heterocycles. The van der Waals surface area contributed by atoms with Gasteiger partial charge in [0, 0.05) is 18.8 Å². The molecule has 1 aromatic carbocycles. The number of nitrogens with one attached hydrogen (secondary N) is 2. The highest BCUT2D eigenvalue weighted by Crippen LogP contribution is 2.25. The van der Waals surface area contributed by atoms with Crippen LogP contribution >= 0.6 is 12.6 Å². The third kappa shape index (κ3) is 9.91. The molecular formula is C23H37N3O6S. The van der Waals surface area contributed by atoms with Crippen LogP contribution in [0.4, 0.5) is 4.79 Å². The minimum atomic E-state index is -1.12. The normalized spacial score (nSPS) is 13.0. The molecule has 0 spiro atoms. The second-order valence-electron chi connectivity index (χ2n) is 8.63. The Labute approximate surface area is 201 Å². The molecule has 0 saturated carbocycles. The third-order valence-corrected chi connectivity index (χ3v) is 4.99. The Kier molecular flexibility index (Phi) is 12.1. The molecular weight excluding hydrogens is 446 g/mol. The highest BCUT2D eigenvalue weighted by molar-refractivity contribution is 7.80. The van der Waals surface area contributed by atoms with Crippen molar-refractivity contribution in [2.75, 3.05) is 25.4 Å². The Morgan fingerprint density at radius 3 is 2.45 bits per heavy atom. The van der Waals surface area contributed by atoms with Gasteiger partial charge in [0.2, 0.25) is 11.8 Å². The van der Waals surface area contributed by atoms with E-state index in [0.717, 1.165) is 19.3 Å². The van der Waals surface area contributed by atoms with Crippen LogP contribution in [0.3, 0.4) is 0 Å². The van der Waals surface area contributed by atoms with Crippen molar-refractivity contribution < 1.29 is 29.3 Å². The van der Waals surface area contributed by atoms with E-state index >= 15 is 0 Å². The Hall–Kier alpha value is -2.46. The molecule has 0 aromatic heterocycles. The second kappa shape index (κ2) is 13.9. The van der Waals surface area contributed by atoms with Crippen molar-refractivity contribution in [2.24, 2.45) is 0 Å². The van der Waals surface area contributed by atoms with E-state index in [0.29, 0.717) is 12.1 Å². The lowest BCUT2D eigenvalue weighted by Gasteiger charge is -2.33. The maximum Gasteiger partial charge on any atom is 0.408 e. The van der Waals surface area contributed by atoms with Crippen LogP contribution in [-0.2, 0) is 14.3 Å². The van der Waals surface area contributed by atoms with Crippen LogP contribution in [0.2, 0.25) is 0 Å². The van der Waals surface area contributed by atoms with E-state index in [4.69, 9.17) is 4.74 Å². The van der Waals surface area contributed by atoms with Crippen molar-refractivity contribution in [2.45, 2.75) is 64.6 Å². The summed E-state index contributed by atoms with van der Waals surface area (Å²) in [5, 5.41) is 24.9. The number of amides is 3. The molecule has 0 fully saturated rings. The van der Waals surface area contributed by atoms with Crippen LogP contribution in [0.15, 0.2) is 24.3 Å². The molecule has 3 amide bonds. The summed E-state index contributed by atoms with van der Waals surface area (Å²) < 4.78 is 5.23. The summed E-state index contributed by atoms with van der Waals surface area (Å²) in [5.41, 5.74) is -0.387. The number of hydrogen-bond acceptors (Lipinski definition) is 7. The Morgan fingerprint density at radius 1 is 1.21 bits per heavy atom. The molecule has 2 atom stereocenters. The van der Waals surface area contributed by atoms with Crippen LogP contribution in [0.1, 0.15) is 58.6 Å². The molecule has 0 saturated heterocycles. The zero-order valence-electron chi connectivity index (χ0n) is 19.8. The summed E-state index contributed by atoms with van der Waals surface area (Å²) >= 11 is 4.19. The van der Waals surface area contributed by atoms with Crippen molar-refractivity contribution in [3.63, 3.8) is 0 Å². The van der Waals surface area contributed by atoms with Crippen LogP contribution in [-0.4, -0.2) is 70.1 Å². The quantitative estimate of drug-likeness (QED) is 0.229. The zero-order valence-corrected chi connectivity index (χ0v) is 20.7. The van der Waals surface area contributed by atoms with E-state index in [9.17, 15) is 24.6 Å². The van der Waals surface area contributed by atoms with Crippen molar-refractivity contribution in [3.05, 3.63) is 29.8 Å². The number of hydrogen-bond donors (Lipinski definition) is 5. The van der Waals surface area contributed by atoms with Gasteiger partial charge in [-0.25, -0.2) is 4.79 Å². The van der Waals surface area contributed by atoms with E-state index in [1.165, 1.54) is 17.0 Å². The van der Waals surface area contributed by atoms with E-state index in [1.54, 1.807) is 32.9 Å². The molecule has 186 valence electrons. The predicted octanol–water partition coefficient (Wildman–Crippen LogP) is 2.38. The van der Waals surface area contributed by atoms with Gasteiger partial charge in [0.15, 0.2) is 0 Å². The lowest BCUT2D eigenvalue weighted by molar-refractivity contribution is -0.142. The van der Waals surface area contributed by atoms with Crippen LogP contribution in [0.5, 0.6) is 5.75 Å². The van der Waals surface area contributed by atoms with Crippen LogP contribution in [0.25, 0.3) is 0 Å². The maximum absolute atomic E-state index is 13.4. The number of aliphatic hydroxyl groups excluding tert-OH is 1. The smallest absolute Gasteiger partial charge is 0.408 e. The zero-order chi connectivity index (χ0) is 25.0. The molecule has 10 heteroatoms. The van der Waals surface area contributed by atoms with E-state index < -0.39 is 42.2 Å². The number of phenols is 1. The van der Waals surface area contributed by atoms with Gasteiger partial charge < -0.3 is 30.5 Å². The average Bonchev–Trinajstić information content (AvgIpc) is 2.73. The number of benzene rings is 1. The molecule has 4 N–H and O–H groups in total. The standard InChI is InChI=1S/C23H37N3O6S/c1-5-6-7-11-24-20(29)19(16-9-8-10-17(28)14-16)26(12-13-27)21(30)18(15-33)25-22(31)32-23(2,3)4/h8-10,14,18-19,27-28,33H,5-7,11-13,15H2,1-4H3,(H,24,29)(H,25,31). The van der Waals surface area contributed by atoms with Gasteiger partial charge >= 0.3 is 6.09 Å². The largest absolute Gasteiger partial charge is 0.508 e. The van der Waals surface area contributed by atoms with Gasteiger partial charge in [-0.15, -0.1) is 0 Å². The lowest BCUT2D eigenvalue weighted by Crippen LogP contribution is -2.54. The predicted molar refractivity (Wildman–Crippen MR) is 129 cm³/mol. The number of unbranched alkanes of at least 4 members (excludes halogenated alkanes) is 2. The first kappa shape index (κ1) is 28.6. The Balaban J connectivity index is 3.23. The molecule has 33 heavy (non-hydrogen) atoms. The fourth-order valence-corrected chi connectivity index (χ4v) is 3.41. The first-order valence-corrected chi connectivity index (χ1v) is 11.8. The Morgan fingerprint density at radius 2 is 1.91 bits per heavy atom. The number of carbonyl (C=O) groups excluding carboxylic acids is 3. The first-order chi connectivity index (χ1) is 15.5. The van der Waals surface area contributed by atoms with Gasteiger partial charge in [0.25, 0.3) is 0 Å². The summed E-state index contributed by atoms with van der Waals surface area (Å²) in [6.07, 6.45) is 1.91. The van der Waals surface area contributed by atoms with Gasteiger partial charge in [-0.1, -0.05) is 31.9 Å². The van der Waals surface area contributed by atoms with E-state index in [-0.39, 0.29) is 18.0 Å². The molecule has 9 nitrogen and oxygen atoms in total. The highest BCUT2D eigenvalue weighted by atomic mass is 32.1. The summed E-state index contributed by atoms with van der Waals surface area (Å²) in [4.78, 5) is 40.0. The van der Waals surface area contributed by atoms with Crippen molar-refractivity contribution in [1.29, 1.82) is 0 Å². The minimum Gasteiger partial charge on any atom is -0.508 e. The van der Waals surface area contributed by atoms with E-state index in [2.05, 4.69) is 23.3 Å². The van der Waals surface area contributed by atoms with Crippen LogP contribution < -0.4 is 10.6 Å². The van der Waals surface area contributed by atoms with E-state index in [1.807, 2.05) is 6.92 Å². The topological polar surface area (TPSA) is 128 Å². The molecule has 2 unspecified atom stereocenters. The lowest BCUT2D eigenvalue weighted by atomic mass is 10.0. The number of rotatable bonds is 12. The monoisotopic (exact) mass is 483 g/mol. The summed E-state index contributed by atoms with van der Waals surface area (Å²) in [6.45, 7) is 7.00. The number of thiol groups is 1. The fourth-order valence-electron chi connectivity index (χ4n) is 3.16. The average molecular weight is 484 g/mol. The molecule has 1 aromatic rings. The summed E-state index contributed by atoms with van der Waals surface area (Å²) in [6, 6.07) is 3.82. The van der Waals surface area contributed by atoms with Crippen molar-refractivity contribution in [1.82, 2.24) is 15.5 Å². The number of alkyl carbamates (subject to hydrolysis) is 1. The number of aromatic hydroxyl groups is 1. The fraction of sp³-hybridized carbons (Fsp3) is 0.609. The molecule has 0 aliphatic heterocycles. The second-order valence-corrected chi connectivity index (χ2v) is 9.00. The van der Waals surface area contributed by atoms with Crippen molar-refractivity contribution in [3.8, 4) is 5.75 Å². The molecule has 0 bridgehead atoms. The van der Waals surface area contributed by atoms with Gasteiger partial charge in [-0.3, -0.25) is 9.59 Å². The first-order valence-electron chi connectivity index (χ1n) is 11.1. The number of carbonyl (C=O) groups is 3. The maximum atomic E-state index is 13.4. The SMILES string of the molecule is CCCCCNC(=O)C(c1cccc(O)c1)N(CCO)C(=O)C(CS)NC(=O)OC(C)(C)C. The third-order valence-electron chi connectivity index (χ3n) is 4.62. The molecule has 0 aliphatic rings. The minimum absolute atomic E-state index is 0.0507. The molecule has 0 radical (unpaired) electrons. The molecule has 0 aliphatic carbocycles. The van der Waals surface area contributed by atoms with Gasteiger partial charge in [-0.05, 0) is 44.9 Å².